The summed E-state index contributed by atoms with van der Waals surface area (Å²) < 4.78 is 78.2. The molecule has 25 heteroatoms. The molecule has 1 spiro atoms. The third-order valence-electron chi connectivity index (χ3n) is 13.3. The van der Waals surface area contributed by atoms with E-state index in [1.54, 1.807) is 6.33 Å². The quantitative estimate of drug-likeness (QED) is 0.0978. The topological polar surface area (TPSA) is 258 Å². The molecule has 4 aliphatic rings. The molecule has 2 aliphatic carbocycles. The minimum atomic E-state index is -4.97. The van der Waals surface area contributed by atoms with Crippen molar-refractivity contribution in [1.29, 1.82) is 0 Å². The van der Waals surface area contributed by atoms with Crippen LogP contribution in [0.2, 0.25) is 36.3 Å². The van der Waals surface area contributed by atoms with Crippen LogP contribution >= 0.6 is 26.9 Å². The van der Waals surface area contributed by atoms with Gasteiger partial charge in [0, 0.05) is 5.41 Å². The molecule has 11 atom stereocenters. The van der Waals surface area contributed by atoms with Gasteiger partial charge in [0.15, 0.2) is 45.8 Å². The summed E-state index contributed by atoms with van der Waals surface area (Å²) in [5.74, 6) is 0.0419. The number of fused-ring (bicyclic) bond motifs is 4. The van der Waals surface area contributed by atoms with E-state index in [1.165, 1.54) is 23.5 Å². The zero-order valence-corrected chi connectivity index (χ0v) is 39.4. The van der Waals surface area contributed by atoms with Gasteiger partial charge in [0.25, 0.3) is 0 Å². The Bertz CT molecular complexity index is 2380. The molecule has 324 valence electrons. The zero-order valence-electron chi connectivity index (χ0n) is 34.7. The average molecular weight is 913 g/mol. The van der Waals surface area contributed by atoms with Crippen LogP contribution in [0.25, 0.3) is 22.3 Å². The number of nitrogen functional groups attached to an aromatic ring is 2. The molecule has 2 bridgehead atoms. The van der Waals surface area contributed by atoms with Crippen molar-refractivity contribution in [1.82, 2.24) is 39.0 Å². The van der Waals surface area contributed by atoms with Gasteiger partial charge in [-0.3, -0.25) is 22.7 Å². The van der Waals surface area contributed by atoms with Crippen molar-refractivity contribution in [3.8, 4) is 0 Å². The monoisotopic (exact) mass is 912 g/mol. The smallest absolute Gasteiger partial charge is 0.409 e. The molecule has 59 heavy (non-hydrogen) atoms. The van der Waals surface area contributed by atoms with E-state index in [1.807, 2.05) is 17.7 Å². The maximum atomic E-state index is 14.7. The van der Waals surface area contributed by atoms with Crippen LogP contribution in [0.1, 0.15) is 60.2 Å². The minimum Gasteiger partial charge on any atom is -0.409 e. The van der Waals surface area contributed by atoms with Crippen LogP contribution in [0.4, 0.5) is 11.6 Å². The molecule has 4 unspecified atom stereocenters. The van der Waals surface area contributed by atoms with Crippen molar-refractivity contribution >= 4 is 77.5 Å². The van der Waals surface area contributed by atoms with Crippen molar-refractivity contribution in [2.45, 2.75) is 127 Å². The Morgan fingerprint density at radius 1 is 0.831 bits per heavy atom. The van der Waals surface area contributed by atoms with E-state index in [0.29, 0.717) is 17.6 Å². The molecule has 2 saturated heterocycles. The summed E-state index contributed by atoms with van der Waals surface area (Å²) in [6, 6.07) is -0.507. The van der Waals surface area contributed by atoms with Gasteiger partial charge in [-0.25, -0.2) is 39.0 Å². The lowest BCUT2D eigenvalue weighted by Crippen LogP contribution is -2.50. The normalized spacial score (nSPS) is 35.9. The molecule has 4 aromatic rings. The SMILES string of the molecule is CC(C)(C)[Si](C)(C)OC1[C@H]2OP(=O)(O)OCC34C[C@@H]3[C@@H](n3cnc5c(N)ncnc53)C(O[Si](C)(C)C(C)(C)C)[C@@H]4O[P@@](=O)(S)OC[C@H]1O[C@H]2n1cnc2c(N)ncnc21. The van der Waals surface area contributed by atoms with Crippen LogP contribution in [0.5, 0.6) is 0 Å². The number of phosphoric acid groups is 1. The molecule has 6 heterocycles. The second-order valence-corrected chi connectivity index (χ2v) is 32.8. The lowest BCUT2D eigenvalue weighted by Gasteiger charge is -2.43. The Balaban J connectivity index is 1.22. The van der Waals surface area contributed by atoms with Gasteiger partial charge in [0.1, 0.15) is 48.1 Å². The molecule has 0 aromatic carbocycles. The molecule has 2 saturated carbocycles. The molecular formula is C34H54N10O10P2SSi2. The Labute approximate surface area is 349 Å². The van der Waals surface area contributed by atoms with Gasteiger partial charge in [0.05, 0.1) is 38.0 Å². The van der Waals surface area contributed by atoms with Gasteiger partial charge in [-0.1, -0.05) is 53.8 Å². The zero-order chi connectivity index (χ0) is 42.9. The molecule has 4 fully saturated rings. The first kappa shape index (κ1) is 43.3. The standard InChI is InChI=1S/C34H54N10O10P2SSi2/c1-32(2,3)58(7,8)53-23-19-12-48-56(47,57)52-26-24(54-59(9,10)33(4,5)6)22(43-16-41-20-27(35)37-14-39-29(20)43)18-11-34(18,26)13-49-55(45,46)51-25(23)31(50-19)44-17-42-21-28(36)38-15-40-30(21)44/h14-19,22-26,31H,11-13H2,1-10H3,(H,45,46)(H,47,57)(H2,35,37,39)(H2,36,38,40)/t18-,19-,22-,23?,24?,25-,26+,31-,34?,56+/m1/s1. The Morgan fingerprint density at radius 3 is 1.95 bits per heavy atom. The van der Waals surface area contributed by atoms with Crippen molar-refractivity contribution in [2.75, 3.05) is 24.7 Å². The van der Waals surface area contributed by atoms with E-state index in [9.17, 15) is 14.0 Å². The summed E-state index contributed by atoms with van der Waals surface area (Å²) in [4.78, 5) is 37.7. The predicted octanol–water partition coefficient (Wildman–Crippen LogP) is 6.03. The first-order chi connectivity index (χ1) is 27.3. The maximum absolute atomic E-state index is 14.7. The molecule has 5 N–H and O–H groups in total. The molecule has 20 nitrogen and oxygen atoms in total. The number of hydrogen-bond acceptors (Lipinski definition) is 17. The van der Waals surface area contributed by atoms with Crippen LogP contribution in [-0.4, -0.2) is 104 Å². The number of hydrogen-bond donors (Lipinski definition) is 4. The highest BCUT2D eigenvalue weighted by Gasteiger charge is 2.75. The Morgan fingerprint density at radius 2 is 1.37 bits per heavy atom. The van der Waals surface area contributed by atoms with E-state index in [0.717, 1.165) is 0 Å². The number of imidazole rings is 2. The van der Waals surface area contributed by atoms with Gasteiger partial charge in [-0.05, 0) is 48.6 Å². The first-order valence-electron chi connectivity index (χ1n) is 19.4. The molecule has 0 amide bonds. The number of rotatable bonds is 6. The van der Waals surface area contributed by atoms with E-state index < -0.39 is 79.5 Å². The van der Waals surface area contributed by atoms with Crippen molar-refractivity contribution in [3.63, 3.8) is 0 Å². The van der Waals surface area contributed by atoms with E-state index in [4.69, 9.17) is 43.2 Å². The fourth-order valence-electron chi connectivity index (χ4n) is 8.00. The molecular weight excluding hydrogens is 859 g/mol. The third kappa shape index (κ3) is 7.54. The van der Waals surface area contributed by atoms with Crippen LogP contribution in [0.3, 0.4) is 0 Å². The largest absolute Gasteiger partial charge is 0.472 e. The lowest BCUT2D eigenvalue weighted by atomic mass is 10.0. The fraction of sp³-hybridized carbons (Fsp3) is 0.706. The predicted molar refractivity (Wildman–Crippen MR) is 225 cm³/mol. The van der Waals surface area contributed by atoms with Crippen LogP contribution < -0.4 is 11.5 Å². The molecule has 4 aromatic heterocycles. The third-order valence-corrected chi connectivity index (χ3v) is 24.8. The number of thiol groups is 1. The van der Waals surface area contributed by atoms with Gasteiger partial charge < -0.3 is 34.5 Å². The summed E-state index contributed by atoms with van der Waals surface area (Å²) in [7, 11) is -10.3. The summed E-state index contributed by atoms with van der Waals surface area (Å²) in [5.41, 5.74) is 12.8. The highest BCUT2D eigenvalue weighted by Crippen LogP contribution is 2.74. The Hall–Kier alpha value is -2.38. The summed E-state index contributed by atoms with van der Waals surface area (Å²) in [6.45, 7) is 15.8. The second-order valence-electron chi connectivity index (χ2n) is 19.1. The number of aromatic nitrogens is 8. The number of nitrogens with zero attached hydrogens (tertiary/aromatic N) is 8. The van der Waals surface area contributed by atoms with E-state index >= 15 is 0 Å². The number of ether oxygens (including phenoxy) is 1. The van der Waals surface area contributed by atoms with Crippen LogP contribution in [0, 0.1) is 11.3 Å². The lowest BCUT2D eigenvalue weighted by molar-refractivity contribution is -0.0580. The highest BCUT2D eigenvalue weighted by atomic mass is 32.7. The van der Waals surface area contributed by atoms with Gasteiger partial charge in [-0.2, -0.15) is 0 Å². The van der Waals surface area contributed by atoms with Crippen molar-refractivity contribution < 1.29 is 45.7 Å². The number of anilines is 2. The van der Waals surface area contributed by atoms with E-state index in [-0.39, 0.29) is 52.0 Å². The number of phosphoric ester groups is 1. The summed E-state index contributed by atoms with van der Waals surface area (Å²) in [5, 5.41) is -0.554. The number of nitrogens with two attached hydrogens (primary N) is 2. The summed E-state index contributed by atoms with van der Waals surface area (Å²) >= 11 is 4.56. The van der Waals surface area contributed by atoms with Gasteiger partial charge >= 0.3 is 14.6 Å². The average Bonchev–Trinajstić information content (AvgIpc) is 3.40. The maximum Gasteiger partial charge on any atom is 0.472 e. The minimum absolute atomic E-state index is 0.128. The Kier molecular flexibility index (Phi) is 10.5. The van der Waals surface area contributed by atoms with Crippen LogP contribution in [-0.2, 0) is 40.8 Å². The second kappa shape index (κ2) is 14.3. The fourth-order valence-corrected chi connectivity index (χ4v) is 13.1. The van der Waals surface area contributed by atoms with Crippen LogP contribution in [0.15, 0.2) is 25.3 Å². The summed E-state index contributed by atoms with van der Waals surface area (Å²) in [6.07, 6.45) is -0.170. The van der Waals surface area contributed by atoms with Gasteiger partial charge in [0.2, 0.25) is 0 Å². The van der Waals surface area contributed by atoms with Crippen molar-refractivity contribution in [3.05, 3.63) is 25.3 Å². The molecule has 8 rings (SSSR count). The highest BCUT2D eigenvalue weighted by molar-refractivity contribution is 8.44. The van der Waals surface area contributed by atoms with E-state index in [2.05, 4.69) is 96.8 Å². The van der Waals surface area contributed by atoms with Crippen molar-refractivity contribution in [2.24, 2.45) is 11.3 Å². The first-order valence-corrected chi connectivity index (χ1v) is 29.5. The molecule has 0 radical (unpaired) electrons. The van der Waals surface area contributed by atoms with Gasteiger partial charge in [-0.15, -0.1) is 0 Å². The molecule has 2 aliphatic heterocycles.